The Morgan fingerprint density at radius 3 is 2.00 bits per heavy atom. The maximum absolute atomic E-state index is 13.7. The van der Waals surface area contributed by atoms with Crippen LogP contribution in [0.15, 0.2) is 42.5 Å². The number of benzene rings is 2. The molecule has 1 unspecified atom stereocenters. The summed E-state index contributed by atoms with van der Waals surface area (Å²) < 4.78 is 40.2. The van der Waals surface area contributed by atoms with Crippen LogP contribution >= 0.6 is 0 Å². The molecular weight excluding hydrogens is 263 g/mol. The predicted octanol–water partition coefficient (Wildman–Crippen LogP) is 4.52. The molecule has 0 radical (unpaired) electrons. The van der Waals surface area contributed by atoms with E-state index in [9.17, 15) is 13.2 Å². The van der Waals surface area contributed by atoms with Crippen LogP contribution in [0.1, 0.15) is 37.1 Å². The number of nitrogens with one attached hydrogen (secondary N) is 1. The Bertz CT molecular complexity index is 598. The molecule has 1 N–H and O–H groups in total. The highest BCUT2D eigenvalue weighted by Gasteiger charge is 2.16. The first-order valence-electron chi connectivity index (χ1n) is 6.44. The first kappa shape index (κ1) is 14.6. The van der Waals surface area contributed by atoms with Gasteiger partial charge in [-0.3, -0.25) is 0 Å². The molecule has 0 bridgehead atoms. The van der Waals surface area contributed by atoms with Crippen LogP contribution in [0, 0.1) is 17.5 Å². The number of hydrogen-bond donors (Lipinski definition) is 1. The van der Waals surface area contributed by atoms with Crippen molar-refractivity contribution in [3.05, 3.63) is 71.0 Å². The first-order chi connectivity index (χ1) is 9.49. The van der Waals surface area contributed by atoms with Gasteiger partial charge in [0.25, 0.3) is 0 Å². The minimum Gasteiger partial charge on any atom is -0.303 e. The molecule has 0 amide bonds. The van der Waals surface area contributed by atoms with Crippen LogP contribution in [0.3, 0.4) is 0 Å². The van der Waals surface area contributed by atoms with Crippen LogP contribution in [0.5, 0.6) is 0 Å². The van der Waals surface area contributed by atoms with Crippen LogP contribution in [0.25, 0.3) is 0 Å². The molecule has 2 atom stereocenters. The second kappa shape index (κ2) is 6.09. The Kier molecular flexibility index (Phi) is 4.45. The fourth-order valence-corrected chi connectivity index (χ4v) is 2.23. The van der Waals surface area contributed by atoms with Crippen molar-refractivity contribution < 1.29 is 13.2 Å². The van der Waals surface area contributed by atoms with Gasteiger partial charge < -0.3 is 5.32 Å². The van der Waals surface area contributed by atoms with E-state index < -0.39 is 11.6 Å². The summed E-state index contributed by atoms with van der Waals surface area (Å²) >= 11 is 0. The fraction of sp³-hybridized carbons (Fsp3) is 0.250. The Morgan fingerprint density at radius 2 is 1.40 bits per heavy atom. The lowest BCUT2D eigenvalue weighted by Crippen LogP contribution is -2.24. The van der Waals surface area contributed by atoms with Gasteiger partial charge in [0.2, 0.25) is 0 Å². The van der Waals surface area contributed by atoms with Crippen molar-refractivity contribution in [3.8, 4) is 0 Å². The standard InChI is InChI=1S/C16H16F3N/c1-10(13-5-3-4-6-15(13)18)20-11(2)14-8-7-12(17)9-16(14)19/h3-11,20H,1-2H3/t10-,11?/m1/s1. The smallest absolute Gasteiger partial charge is 0.130 e. The predicted molar refractivity (Wildman–Crippen MR) is 72.7 cm³/mol. The molecule has 2 aromatic rings. The molecule has 0 saturated carbocycles. The molecule has 20 heavy (non-hydrogen) atoms. The topological polar surface area (TPSA) is 12.0 Å². The lowest BCUT2D eigenvalue weighted by molar-refractivity contribution is 0.456. The molecule has 2 rings (SSSR count). The molecule has 0 aliphatic rings. The van der Waals surface area contributed by atoms with Gasteiger partial charge in [0, 0.05) is 29.3 Å². The average Bonchev–Trinajstić information content (AvgIpc) is 2.38. The van der Waals surface area contributed by atoms with Crippen molar-refractivity contribution in [2.75, 3.05) is 0 Å². The minimum atomic E-state index is -0.611. The third kappa shape index (κ3) is 3.20. The van der Waals surface area contributed by atoms with E-state index in [1.165, 1.54) is 18.2 Å². The fourth-order valence-electron chi connectivity index (χ4n) is 2.23. The molecule has 0 aliphatic heterocycles. The average molecular weight is 279 g/mol. The summed E-state index contributed by atoms with van der Waals surface area (Å²) in [5, 5.41) is 3.11. The molecule has 0 aromatic heterocycles. The molecule has 2 aromatic carbocycles. The Balaban J connectivity index is 2.15. The van der Waals surface area contributed by atoms with E-state index in [0.717, 1.165) is 6.07 Å². The van der Waals surface area contributed by atoms with Gasteiger partial charge in [-0.15, -0.1) is 0 Å². The Morgan fingerprint density at radius 1 is 0.800 bits per heavy atom. The Labute approximate surface area is 116 Å². The lowest BCUT2D eigenvalue weighted by atomic mass is 10.0. The van der Waals surface area contributed by atoms with Gasteiger partial charge in [0.15, 0.2) is 0 Å². The normalized spacial score (nSPS) is 14.1. The van der Waals surface area contributed by atoms with Gasteiger partial charge in [0.1, 0.15) is 17.5 Å². The van der Waals surface area contributed by atoms with Gasteiger partial charge in [-0.25, -0.2) is 13.2 Å². The van der Waals surface area contributed by atoms with Gasteiger partial charge in [-0.1, -0.05) is 24.3 Å². The quantitative estimate of drug-likeness (QED) is 0.868. The third-order valence-corrected chi connectivity index (χ3v) is 3.30. The Hall–Kier alpha value is -1.81. The van der Waals surface area contributed by atoms with E-state index in [1.54, 1.807) is 32.0 Å². The number of halogens is 3. The van der Waals surface area contributed by atoms with E-state index in [1.807, 2.05) is 0 Å². The van der Waals surface area contributed by atoms with E-state index >= 15 is 0 Å². The van der Waals surface area contributed by atoms with E-state index in [-0.39, 0.29) is 17.9 Å². The monoisotopic (exact) mass is 279 g/mol. The third-order valence-electron chi connectivity index (χ3n) is 3.30. The van der Waals surface area contributed by atoms with Crippen LogP contribution in [-0.4, -0.2) is 0 Å². The maximum atomic E-state index is 13.7. The van der Waals surface area contributed by atoms with E-state index in [2.05, 4.69) is 5.32 Å². The lowest BCUT2D eigenvalue weighted by Gasteiger charge is -2.21. The zero-order valence-corrected chi connectivity index (χ0v) is 11.3. The maximum Gasteiger partial charge on any atom is 0.130 e. The number of rotatable bonds is 4. The highest BCUT2D eigenvalue weighted by atomic mass is 19.1. The summed E-state index contributed by atoms with van der Waals surface area (Å²) in [6.45, 7) is 3.56. The van der Waals surface area contributed by atoms with Crippen molar-refractivity contribution in [2.45, 2.75) is 25.9 Å². The largest absolute Gasteiger partial charge is 0.303 e. The summed E-state index contributed by atoms with van der Waals surface area (Å²) in [5.41, 5.74) is 0.872. The second-order valence-electron chi connectivity index (χ2n) is 4.80. The summed E-state index contributed by atoms with van der Waals surface area (Å²) in [5.74, 6) is -1.52. The zero-order chi connectivity index (χ0) is 14.7. The van der Waals surface area contributed by atoms with Crippen molar-refractivity contribution in [1.29, 1.82) is 0 Å². The van der Waals surface area contributed by atoms with Gasteiger partial charge in [-0.2, -0.15) is 0 Å². The summed E-state index contributed by atoms with van der Waals surface area (Å²) in [6.07, 6.45) is 0. The minimum absolute atomic E-state index is 0.282. The van der Waals surface area contributed by atoms with Gasteiger partial charge >= 0.3 is 0 Å². The highest BCUT2D eigenvalue weighted by molar-refractivity contribution is 5.24. The SMILES string of the molecule is CC(N[C@H](C)c1ccccc1F)c1ccc(F)cc1F. The van der Waals surface area contributed by atoms with Gasteiger partial charge in [0.05, 0.1) is 0 Å². The van der Waals surface area contributed by atoms with Crippen LogP contribution in [0.4, 0.5) is 13.2 Å². The molecule has 0 fully saturated rings. The molecular formula is C16H16F3N. The number of hydrogen-bond acceptors (Lipinski definition) is 1. The van der Waals surface area contributed by atoms with Crippen LogP contribution in [-0.2, 0) is 0 Å². The molecule has 106 valence electrons. The molecule has 0 saturated heterocycles. The van der Waals surface area contributed by atoms with Crippen molar-refractivity contribution in [2.24, 2.45) is 0 Å². The molecule has 0 aliphatic carbocycles. The van der Waals surface area contributed by atoms with Crippen molar-refractivity contribution in [3.63, 3.8) is 0 Å². The second-order valence-corrected chi connectivity index (χ2v) is 4.80. The zero-order valence-electron chi connectivity index (χ0n) is 11.3. The first-order valence-corrected chi connectivity index (χ1v) is 6.44. The molecule has 4 heteroatoms. The van der Waals surface area contributed by atoms with E-state index in [4.69, 9.17) is 0 Å². The summed E-state index contributed by atoms with van der Waals surface area (Å²) in [7, 11) is 0. The summed E-state index contributed by atoms with van der Waals surface area (Å²) in [6, 6.07) is 9.26. The summed E-state index contributed by atoms with van der Waals surface area (Å²) in [4.78, 5) is 0. The molecule has 1 nitrogen and oxygen atoms in total. The van der Waals surface area contributed by atoms with Crippen molar-refractivity contribution >= 4 is 0 Å². The molecule has 0 spiro atoms. The molecule has 0 heterocycles. The highest BCUT2D eigenvalue weighted by Crippen LogP contribution is 2.23. The van der Waals surface area contributed by atoms with Gasteiger partial charge in [-0.05, 0) is 26.0 Å². The van der Waals surface area contributed by atoms with Crippen LogP contribution in [0.2, 0.25) is 0 Å². The van der Waals surface area contributed by atoms with Crippen molar-refractivity contribution in [1.82, 2.24) is 5.32 Å². The van der Waals surface area contributed by atoms with Crippen LogP contribution < -0.4 is 5.32 Å². The van der Waals surface area contributed by atoms with E-state index in [0.29, 0.717) is 11.1 Å².